The minimum absolute atomic E-state index is 0.0994. The number of benzene rings is 1. The summed E-state index contributed by atoms with van der Waals surface area (Å²) in [7, 11) is 3.69. The fourth-order valence-corrected chi connectivity index (χ4v) is 4.96. The Morgan fingerprint density at radius 1 is 1.26 bits per heavy atom. The first-order valence-corrected chi connectivity index (χ1v) is 11.8. The second-order valence-corrected chi connectivity index (χ2v) is 9.61. The number of aromatic nitrogens is 3. The van der Waals surface area contributed by atoms with Crippen LogP contribution in [0.1, 0.15) is 32.7 Å². The Morgan fingerprint density at radius 3 is 2.68 bits per heavy atom. The lowest BCUT2D eigenvalue weighted by Gasteiger charge is -2.18. The zero-order valence-electron chi connectivity index (χ0n) is 18.7. The molecule has 3 heterocycles. The molecule has 0 aliphatic rings. The lowest BCUT2D eigenvalue weighted by molar-refractivity contribution is 0.0949. The molecule has 8 nitrogen and oxygen atoms in total. The molecule has 3 aromatic heterocycles. The molecule has 0 radical (unpaired) electrons. The Balaban J connectivity index is 1.48. The number of hydrogen-bond donors (Lipinski definition) is 2. The van der Waals surface area contributed by atoms with Crippen molar-refractivity contribution in [3.05, 3.63) is 92.1 Å². The molecule has 0 aliphatic carbocycles. The molecular formula is C24H24ClN5O3S. The molecule has 1 aromatic carbocycles. The van der Waals surface area contributed by atoms with Crippen molar-refractivity contribution in [2.24, 2.45) is 7.05 Å². The van der Waals surface area contributed by atoms with Gasteiger partial charge in [-0.15, -0.1) is 11.3 Å². The maximum atomic E-state index is 13.1. The van der Waals surface area contributed by atoms with E-state index in [9.17, 15) is 14.7 Å². The first-order valence-electron chi connectivity index (χ1n) is 10.6. The molecule has 0 aliphatic heterocycles. The molecule has 0 bridgehead atoms. The molecule has 1 unspecified atom stereocenters. The number of carbonyl (C=O) groups is 1. The summed E-state index contributed by atoms with van der Waals surface area (Å²) < 4.78 is 2.32. The Labute approximate surface area is 205 Å². The molecule has 1 atom stereocenters. The third-order valence-corrected chi connectivity index (χ3v) is 6.68. The van der Waals surface area contributed by atoms with Gasteiger partial charge in [-0.1, -0.05) is 23.7 Å². The highest BCUT2D eigenvalue weighted by molar-refractivity contribution is 7.19. The SMILES string of the molecule is CN(Cc1cc2c(s1)c(=O)c(C(=O)NCc1ccc(Cl)cc1)cn2C)CC(O)c1ncccn1. The molecule has 34 heavy (non-hydrogen) atoms. The minimum Gasteiger partial charge on any atom is -0.384 e. The van der Waals surface area contributed by atoms with Crippen LogP contribution in [-0.2, 0) is 20.1 Å². The third kappa shape index (κ3) is 5.51. The predicted octanol–water partition coefficient (Wildman–Crippen LogP) is 3.14. The van der Waals surface area contributed by atoms with Gasteiger partial charge < -0.3 is 15.0 Å². The quantitative estimate of drug-likeness (QED) is 0.388. The molecule has 176 valence electrons. The third-order valence-electron chi connectivity index (χ3n) is 5.32. The molecule has 0 fully saturated rings. The number of hydrogen-bond acceptors (Lipinski definition) is 7. The van der Waals surface area contributed by atoms with Crippen molar-refractivity contribution in [2.75, 3.05) is 13.6 Å². The van der Waals surface area contributed by atoms with Gasteiger partial charge in [-0.3, -0.25) is 14.5 Å². The van der Waals surface area contributed by atoms with E-state index in [1.807, 2.05) is 37.2 Å². The summed E-state index contributed by atoms with van der Waals surface area (Å²) in [6.45, 7) is 1.17. The summed E-state index contributed by atoms with van der Waals surface area (Å²) >= 11 is 7.25. The second kappa shape index (κ2) is 10.4. The first kappa shape index (κ1) is 24.0. The predicted molar refractivity (Wildman–Crippen MR) is 133 cm³/mol. The smallest absolute Gasteiger partial charge is 0.257 e. The molecule has 0 spiro atoms. The normalized spacial score (nSPS) is 12.3. The number of carbonyl (C=O) groups excluding carboxylic acids is 1. The van der Waals surface area contributed by atoms with Crippen LogP contribution in [-0.4, -0.2) is 44.0 Å². The van der Waals surface area contributed by atoms with E-state index < -0.39 is 12.0 Å². The molecular weight excluding hydrogens is 474 g/mol. The fraction of sp³-hybridized carbons (Fsp3) is 0.250. The summed E-state index contributed by atoms with van der Waals surface area (Å²) in [5.41, 5.74) is 1.46. The van der Waals surface area contributed by atoms with E-state index in [0.717, 1.165) is 16.0 Å². The second-order valence-electron chi connectivity index (χ2n) is 8.04. The highest BCUT2D eigenvalue weighted by Crippen LogP contribution is 2.24. The van der Waals surface area contributed by atoms with Crippen molar-refractivity contribution < 1.29 is 9.90 Å². The lowest BCUT2D eigenvalue weighted by atomic mass is 10.2. The van der Waals surface area contributed by atoms with Gasteiger partial charge in [0.05, 0.1) is 10.2 Å². The number of amides is 1. The molecule has 2 N–H and O–H groups in total. The van der Waals surface area contributed by atoms with E-state index in [1.165, 1.54) is 11.3 Å². The van der Waals surface area contributed by atoms with Crippen molar-refractivity contribution >= 4 is 39.1 Å². The van der Waals surface area contributed by atoms with E-state index in [2.05, 4.69) is 15.3 Å². The van der Waals surface area contributed by atoms with E-state index in [-0.39, 0.29) is 11.0 Å². The average molecular weight is 498 g/mol. The van der Waals surface area contributed by atoms with Gasteiger partial charge in [0, 0.05) is 55.2 Å². The Hall–Kier alpha value is -3.11. The Bertz CT molecular complexity index is 1360. The fourth-order valence-electron chi connectivity index (χ4n) is 3.61. The van der Waals surface area contributed by atoms with Crippen LogP contribution in [0.5, 0.6) is 0 Å². The topological polar surface area (TPSA) is 100 Å². The van der Waals surface area contributed by atoms with Crippen LogP contribution < -0.4 is 10.7 Å². The maximum absolute atomic E-state index is 13.1. The number of fused-ring (bicyclic) bond motifs is 1. The van der Waals surface area contributed by atoms with Crippen molar-refractivity contribution in [3.8, 4) is 0 Å². The molecule has 0 saturated heterocycles. The van der Waals surface area contributed by atoms with Gasteiger partial charge in [-0.05, 0) is 36.9 Å². The summed E-state index contributed by atoms with van der Waals surface area (Å²) in [5, 5.41) is 13.8. The summed E-state index contributed by atoms with van der Waals surface area (Å²) in [5.74, 6) is -0.0521. The Kier molecular flexibility index (Phi) is 7.38. The van der Waals surface area contributed by atoms with Gasteiger partial charge in [-0.25, -0.2) is 9.97 Å². The minimum atomic E-state index is -0.817. The van der Waals surface area contributed by atoms with Crippen molar-refractivity contribution in [2.45, 2.75) is 19.2 Å². The number of aryl methyl sites for hydroxylation is 1. The number of aliphatic hydroxyl groups excluding tert-OH is 1. The monoisotopic (exact) mass is 497 g/mol. The van der Waals surface area contributed by atoms with Crippen LogP contribution >= 0.6 is 22.9 Å². The Morgan fingerprint density at radius 2 is 1.97 bits per heavy atom. The van der Waals surface area contributed by atoms with Crippen LogP contribution in [0.15, 0.2) is 59.8 Å². The van der Waals surface area contributed by atoms with Crippen molar-refractivity contribution in [3.63, 3.8) is 0 Å². The zero-order valence-corrected chi connectivity index (χ0v) is 20.3. The molecule has 10 heteroatoms. The number of pyridine rings is 1. The first-order chi connectivity index (χ1) is 16.3. The van der Waals surface area contributed by atoms with Gasteiger partial charge in [0.15, 0.2) is 5.82 Å². The molecule has 4 rings (SSSR count). The molecule has 0 saturated carbocycles. The van der Waals surface area contributed by atoms with Gasteiger partial charge in [-0.2, -0.15) is 0 Å². The number of thiophene rings is 1. The van der Waals surface area contributed by atoms with Gasteiger partial charge in [0.25, 0.3) is 5.91 Å². The van der Waals surface area contributed by atoms with E-state index in [4.69, 9.17) is 11.6 Å². The van der Waals surface area contributed by atoms with Crippen molar-refractivity contribution in [1.82, 2.24) is 24.8 Å². The lowest BCUT2D eigenvalue weighted by Crippen LogP contribution is -2.29. The maximum Gasteiger partial charge on any atom is 0.257 e. The van der Waals surface area contributed by atoms with Crippen molar-refractivity contribution in [1.29, 1.82) is 0 Å². The number of aliphatic hydroxyl groups is 1. The number of nitrogens with one attached hydrogen (secondary N) is 1. The largest absolute Gasteiger partial charge is 0.384 e. The molecule has 4 aromatic rings. The van der Waals surface area contributed by atoms with E-state index in [0.29, 0.717) is 35.2 Å². The summed E-state index contributed by atoms with van der Waals surface area (Å²) in [6, 6.07) is 10.8. The molecule has 1 amide bonds. The van der Waals surface area contributed by atoms with Crippen LogP contribution in [0.3, 0.4) is 0 Å². The number of likely N-dealkylation sites (N-methyl/N-ethyl adjacent to an activating group) is 1. The van der Waals surface area contributed by atoms with Gasteiger partial charge in [0.2, 0.25) is 5.43 Å². The summed E-state index contributed by atoms with van der Waals surface area (Å²) in [4.78, 5) is 36.9. The highest BCUT2D eigenvalue weighted by Gasteiger charge is 2.18. The number of nitrogens with zero attached hydrogens (tertiary/aromatic N) is 4. The summed E-state index contributed by atoms with van der Waals surface area (Å²) in [6.07, 6.45) is 3.94. The van der Waals surface area contributed by atoms with E-state index in [1.54, 1.807) is 41.4 Å². The van der Waals surface area contributed by atoms with Gasteiger partial charge >= 0.3 is 0 Å². The standard InChI is InChI=1S/C24H24ClN5O3S/c1-29(14-20(31)23-26-8-3-9-27-23)12-17-10-19-22(34-17)21(32)18(13-30(19)2)24(33)28-11-15-4-6-16(25)7-5-15/h3-10,13,20,31H,11-12,14H2,1-2H3,(H,28,33). The van der Waals surface area contributed by atoms with Crippen LogP contribution in [0.4, 0.5) is 0 Å². The highest BCUT2D eigenvalue weighted by atomic mass is 35.5. The van der Waals surface area contributed by atoms with Gasteiger partial charge in [0.1, 0.15) is 11.7 Å². The zero-order chi connectivity index (χ0) is 24.2. The van der Waals surface area contributed by atoms with Crippen LogP contribution in [0.25, 0.3) is 10.2 Å². The average Bonchev–Trinajstić information content (AvgIpc) is 3.26. The number of halogens is 1. The van der Waals surface area contributed by atoms with Crippen LogP contribution in [0, 0.1) is 0 Å². The number of rotatable bonds is 8. The van der Waals surface area contributed by atoms with Crippen LogP contribution in [0.2, 0.25) is 5.02 Å². The van der Waals surface area contributed by atoms with E-state index >= 15 is 0 Å².